The molecule has 0 aromatic heterocycles. The van der Waals surface area contributed by atoms with Gasteiger partial charge in [0, 0.05) is 15.2 Å². The number of benzene rings is 1. The molecule has 20 heavy (non-hydrogen) atoms. The van der Waals surface area contributed by atoms with E-state index in [4.69, 9.17) is 0 Å². The van der Waals surface area contributed by atoms with Crippen molar-refractivity contribution < 1.29 is 4.79 Å². The molecule has 1 aliphatic rings. The Hall–Kier alpha value is -0.580. The van der Waals surface area contributed by atoms with E-state index in [0.717, 1.165) is 24.4 Å². The van der Waals surface area contributed by atoms with Crippen molar-refractivity contribution in [2.24, 2.45) is 11.8 Å². The fourth-order valence-corrected chi connectivity index (χ4v) is 3.34. The van der Waals surface area contributed by atoms with Gasteiger partial charge in [-0.3, -0.25) is 4.79 Å². The number of unbranched alkanes of at least 4 members (excludes halogenated alkanes) is 1. The Balaban J connectivity index is 1.78. The standard InChI is InChI=1S/C17H24INO/c1-2-3-4-13-5-7-14(8-6-13)17(20)19-16-11-9-15(18)10-12-16/h9-14H,2-8H2,1H3,(H,19,20). The molecule has 1 N–H and O–H groups in total. The van der Waals surface area contributed by atoms with Crippen LogP contribution in [0.3, 0.4) is 0 Å². The molecule has 1 aromatic carbocycles. The second-order valence-electron chi connectivity index (χ2n) is 5.86. The average molecular weight is 385 g/mol. The lowest BCUT2D eigenvalue weighted by Gasteiger charge is -2.27. The Kier molecular flexibility index (Phi) is 6.33. The summed E-state index contributed by atoms with van der Waals surface area (Å²) in [6.07, 6.45) is 8.55. The number of hydrogen-bond acceptors (Lipinski definition) is 1. The molecule has 0 unspecified atom stereocenters. The Morgan fingerprint density at radius 2 is 1.85 bits per heavy atom. The predicted octanol–water partition coefficient (Wildman–Crippen LogP) is 5.23. The van der Waals surface area contributed by atoms with Crippen molar-refractivity contribution >= 4 is 34.2 Å². The lowest BCUT2D eigenvalue weighted by atomic mass is 9.79. The number of rotatable bonds is 5. The first kappa shape index (κ1) is 15.8. The Morgan fingerprint density at radius 3 is 2.45 bits per heavy atom. The number of carbonyl (C=O) groups excluding carboxylic acids is 1. The van der Waals surface area contributed by atoms with Gasteiger partial charge in [-0.15, -0.1) is 0 Å². The fraction of sp³-hybridized carbons (Fsp3) is 0.588. The third-order valence-corrected chi connectivity index (χ3v) is 5.01. The summed E-state index contributed by atoms with van der Waals surface area (Å²) in [7, 11) is 0. The van der Waals surface area contributed by atoms with Crippen LogP contribution in [0.4, 0.5) is 5.69 Å². The maximum atomic E-state index is 12.3. The van der Waals surface area contributed by atoms with Gasteiger partial charge in [-0.25, -0.2) is 0 Å². The first-order valence-corrected chi connectivity index (χ1v) is 8.83. The van der Waals surface area contributed by atoms with Crippen LogP contribution in [0.1, 0.15) is 51.9 Å². The van der Waals surface area contributed by atoms with Crippen LogP contribution in [0.25, 0.3) is 0 Å². The van der Waals surface area contributed by atoms with Gasteiger partial charge >= 0.3 is 0 Å². The topological polar surface area (TPSA) is 29.1 Å². The molecular weight excluding hydrogens is 361 g/mol. The molecule has 2 nitrogen and oxygen atoms in total. The Morgan fingerprint density at radius 1 is 1.20 bits per heavy atom. The van der Waals surface area contributed by atoms with E-state index in [1.54, 1.807) is 0 Å². The van der Waals surface area contributed by atoms with Crippen molar-refractivity contribution in [2.45, 2.75) is 51.9 Å². The van der Waals surface area contributed by atoms with Crippen LogP contribution < -0.4 is 5.32 Å². The van der Waals surface area contributed by atoms with E-state index in [-0.39, 0.29) is 11.8 Å². The van der Waals surface area contributed by atoms with Crippen LogP contribution in [0.2, 0.25) is 0 Å². The van der Waals surface area contributed by atoms with E-state index < -0.39 is 0 Å². The highest BCUT2D eigenvalue weighted by Crippen LogP contribution is 2.32. The number of halogens is 1. The minimum atomic E-state index is 0.208. The van der Waals surface area contributed by atoms with E-state index >= 15 is 0 Å². The molecule has 1 aromatic rings. The Labute approximate surface area is 135 Å². The number of hydrogen-bond donors (Lipinski definition) is 1. The minimum absolute atomic E-state index is 0.208. The summed E-state index contributed by atoms with van der Waals surface area (Å²) in [6, 6.07) is 8.01. The maximum Gasteiger partial charge on any atom is 0.227 e. The van der Waals surface area contributed by atoms with Gasteiger partial charge in [0.15, 0.2) is 0 Å². The van der Waals surface area contributed by atoms with Gasteiger partial charge in [-0.1, -0.05) is 26.2 Å². The molecule has 0 aliphatic heterocycles. The summed E-state index contributed by atoms with van der Waals surface area (Å²) in [5.74, 6) is 1.28. The fourth-order valence-electron chi connectivity index (χ4n) is 2.98. The second-order valence-corrected chi connectivity index (χ2v) is 7.10. The lowest BCUT2D eigenvalue weighted by molar-refractivity contribution is -0.121. The summed E-state index contributed by atoms with van der Waals surface area (Å²) < 4.78 is 1.19. The van der Waals surface area contributed by atoms with Crippen molar-refractivity contribution in [1.82, 2.24) is 0 Å². The maximum absolute atomic E-state index is 12.3. The van der Waals surface area contributed by atoms with Gasteiger partial charge in [0.2, 0.25) is 5.91 Å². The van der Waals surface area contributed by atoms with E-state index in [9.17, 15) is 4.79 Å². The first-order chi connectivity index (χ1) is 9.69. The molecule has 2 rings (SSSR count). The molecule has 0 heterocycles. The van der Waals surface area contributed by atoms with Crippen LogP contribution in [0, 0.1) is 15.4 Å². The zero-order valence-corrected chi connectivity index (χ0v) is 14.4. The van der Waals surface area contributed by atoms with Crippen LogP contribution in [-0.4, -0.2) is 5.91 Å². The predicted molar refractivity (Wildman–Crippen MR) is 92.8 cm³/mol. The number of anilines is 1. The van der Waals surface area contributed by atoms with Crippen molar-refractivity contribution in [3.8, 4) is 0 Å². The van der Waals surface area contributed by atoms with E-state index in [1.165, 1.54) is 35.7 Å². The summed E-state index contributed by atoms with van der Waals surface area (Å²) in [5, 5.41) is 3.05. The summed E-state index contributed by atoms with van der Waals surface area (Å²) >= 11 is 2.27. The molecule has 1 amide bonds. The quantitative estimate of drug-likeness (QED) is 0.692. The average Bonchev–Trinajstić information content (AvgIpc) is 2.48. The third-order valence-electron chi connectivity index (χ3n) is 4.30. The number of nitrogens with one attached hydrogen (secondary N) is 1. The lowest BCUT2D eigenvalue weighted by Crippen LogP contribution is -2.27. The van der Waals surface area contributed by atoms with Crippen LogP contribution in [0.5, 0.6) is 0 Å². The molecule has 1 aliphatic carbocycles. The van der Waals surface area contributed by atoms with Crippen molar-refractivity contribution in [3.05, 3.63) is 27.8 Å². The molecule has 0 radical (unpaired) electrons. The molecule has 1 saturated carbocycles. The SMILES string of the molecule is CCCCC1CCC(C(=O)Nc2ccc(I)cc2)CC1. The highest BCUT2D eigenvalue weighted by molar-refractivity contribution is 14.1. The largest absolute Gasteiger partial charge is 0.326 e. The van der Waals surface area contributed by atoms with Gasteiger partial charge < -0.3 is 5.32 Å². The third kappa shape index (κ3) is 4.76. The van der Waals surface area contributed by atoms with Gasteiger partial charge in [-0.2, -0.15) is 0 Å². The summed E-state index contributed by atoms with van der Waals surface area (Å²) in [6.45, 7) is 2.25. The van der Waals surface area contributed by atoms with E-state index in [0.29, 0.717) is 0 Å². The molecule has 0 atom stereocenters. The molecular formula is C17H24INO. The van der Waals surface area contributed by atoms with Gasteiger partial charge in [-0.05, 0) is 78.5 Å². The monoisotopic (exact) mass is 385 g/mol. The van der Waals surface area contributed by atoms with Gasteiger partial charge in [0.1, 0.15) is 0 Å². The van der Waals surface area contributed by atoms with Crippen molar-refractivity contribution in [3.63, 3.8) is 0 Å². The van der Waals surface area contributed by atoms with Crippen LogP contribution in [-0.2, 0) is 4.79 Å². The molecule has 0 saturated heterocycles. The Bertz CT molecular complexity index is 421. The molecule has 0 bridgehead atoms. The molecule has 110 valence electrons. The molecule has 3 heteroatoms. The normalized spacial score (nSPS) is 22.5. The molecule has 0 spiro atoms. The van der Waals surface area contributed by atoms with Crippen LogP contribution in [0.15, 0.2) is 24.3 Å². The number of amides is 1. The van der Waals surface area contributed by atoms with Gasteiger partial charge in [0.25, 0.3) is 0 Å². The van der Waals surface area contributed by atoms with Crippen LogP contribution >= 0.6 is 22.6 Å². The summed E-state index contributed by atoms with van der Waals surface area (Å²) in [5.41, 5.74) is 0.920. The van der Waals surface area contributed by atoms with E-state index in [1.807, 2.05) is 24.3 Å². The molecule has 1 fully saturated rings. The number of carbonyl (C=O) groups is 1. The zero-order valence-electron chi connectivity index (χ0n) is 12.2. The van der Waals surface area contributed by atoms with Crippen molar-refractivity contribution in [2.75, 3.05) is 5.32 Å². The zero-order chi connectivity index (χ0) is 14.4. The first-order valence-electron chi connectivity index (χ1n) is 7.75. The summed E-state index contributed by atoms with van der Waals surface area (Å²) in [4.78, 5) is 12.3. The minimum Gasteiger partial charge on any atom is -0.326 e. The highest BCUT2D eigenvalue weighted by atomic mass is 127. The van der Waals surface area contributed by atoms with E-state index in [2.05, 4.69) is 34.8 Å². The second kappa shape index (κ2) is 8.01. The van der Waals surface area contributed by atoms with Crippen molar-refractivity contribution in [1.29, 1.82) is 0 Å². The highest BCUT2D eigenvalue weighted by Gasteiger charge is 2.25. The van der Waals surface area contributed by atoms with Gasteiger partial charge in [0.05, 0.1) is 0 Å². The smallest absolute Gasteiger partial charge is 0.227 e.